The van der Waals surface area contributed by atoms with Crippen LogP contribution in [0, 0.1) is 0 Å². The van der Waals surface area contributed by atoms with Crippen molar-refractivity contribution in [2.24, 2.45) is 0 Å². The molecule has 1 N–H and O–H groups in total. The van der Waals surface area contributed by atoms with Crippen LogP contribution in [0.25, 0.3) is 0 Å². The van der Waals surface area contributed by atoms with Crippen LogP contribution in [0.1, 0.15) is 19.8 Å². The van der Waals surface area contributed by atoms with Gasteiger partial charge in [0.25, 0.3) is 5.91 Å². The predicted molar refractivity (Wildman–Crippen MR) is 102 cm³/mol. The van der Waals surface area contributed by atoms with E-state index < -0.39 is 18.0 Å². The highest BCUT2D eigenvalue weighted by Crippen LogP contribution is 2.22. The van der Waals surface area contributed by atoms with Gasteiger partial charge in [-0.25, -0.2) is 0 Å². The topological polar surface area (TPSA) is 64.6 Å². The molecule has 26 heavy (non-hydrogen) atoms. The van der Waals surface area contributed by atoms with Gasteiger partial charge >= 0.3 is 5.97 Å². The minimum absolute atomic E-state index is 0.160. The van der Waals surface area contributed by atoms with Gasteiger partial charge in [0.15, 0.2) is 6.10 Å². The minimum atomic E-state index is -0.935. The Balaban J connectivity index is 1.71. The van der Waals surface area contributed by atoms with Crippen molar-refractivity contribution in [1.29, 1.82) is 0 Å². The second-order valence-electron chi connectivity index (χ2n) is 5.54. The maximum absolute atomic E-state index is 12.1. The van der Waals surface area contributed by atoms with Gasteiger partial charge in [-0.3, -0.25) is 9.59 Å². The SMILES string of the molecule is C[C@H](OC(=O)CCCOc1ccccc1)C(=O)Nc1cc(Cl)cc(Cl)c1. The largest absolute Gasteiger partial charge is 0.494 e. The van der Waals surface area contributed by atoms with Crippen LogP contribution in [0.4, 0.5) is 5.69 Å². The van der Waals surface area contributed by atoms with E-state index in [1.807, 2.05) is 30.3 Å². The molecule has 2 aromatic carbocycles. The van der Waals surface area contributed by atoms with Crippen LogP contribution in [0.2, 0.25) is 10.0 Å². The highest BCUT2D eigenvalue weighted by molar-refractivity contribution is 6.35. The fraction of sp³-hybridized carbons (Fsp3) is 0.263. The first-order valence-corrected chi connectivity index (χ1v) is 8.84. The molecule has 0 radical (unpaired) electrons. The van der Waals surface area contributed by atoms with E-state index in [1.165, 1.54) is 6.92 Å². The Labute approximate surface area is 162 Å². The molecular weight excluding hydrogens is 377 g/mol. The molecule has 1 amide bonds. The quantitative estimate of drug-likeness (QED) is 0.518. The summed E-state index contributed by atoms with van der Waals surface area (Å²) in [6, 6.07) is 14.0. The normalized spacial score (nSPS) is 11.5. The summed E-state index contributed by atoms with van der Waals surface area (Å²) in [4.78, 5) is 23.9. The standard InChI is InChI=1S/C19H19Cl2NO4/c1-13(19(24)22-16-11-14(20)10-15(21)12-16)26-18(23)8-5-9-25-17-6-3-2-4-7-17/h2-4,6-7,10-13H,5,8-9H2,1H3,(H,22,24)/t13-/m0/s1. The van der Waals surface area contributed by atoms with Crippen LogP contribution in [0.15, 0.2) is 48.5 Å². The molecule has 0 saturated heterocycles. The Kier molecular flexibility index (Phi) is 7.75. The Bertz CT molecular complexity index is 732. The zero-order valence-corrected chi connectivity index (χ0v) is 15.7. The van der Waals surface area contributed by atoms with Gasteiger partial charge in [-0.05, 0) is 43.7 Å². The van der Waals surface area contributed by atoms with Gasteiger partial charge in [-0.1, -0.05) is 41.4 Å². The number of carbonyl (C=O) groups excluding carboxylic acids is 2. The summed E-state index contributed by atoms with van der Waals surface area (Å²) in [6.07, 6.45) is -0.283. The highest BCUT2D eigenvalue weighted by atomic mass is 35.5. The molecule has 2 aromatic rings. The Morgan fingerprint density at radius 1 is 1.08 bits per heavy atom. The second-order valence-corrected chi connectivity index (χ2v) is 6.42. The second kappa shape index (κ2) is 10.0. The van der Waals surface area contributed by atoms with Crippen molar-refractivity contribution in [3.05, 3.63) is 58.6 Å². The highest BCUT2D eigenvalue weighted by Gasteiger charge is 2.18. The summed E-state index contributed by atoms with van der Waals surface area (Å²) in [5.74, 6) is -0.181. The van der Waals surface area contributed by atoms with Crippen molar-refractivity contribution in [2.75, 3.05) is 11.9 Å². The van der Waals surface area contributed by atoms with E-state index in [2.05, 4.69) is 5.32 Å². The lowest BCUT2D eigenvalue weighted by Gasteiger charge is -2.14. The molecule has 0 aliphatic carbocycles. The average molecular weight is 396 g/mol. The van der Waals surface area contributed by atoms with Crippen molar-refractivity contribution < 1.29 is 19.1 Å². The summed E-state index contributed by atoms with van der Waals surface area (Å²) in [7, 11) is 0. The maximum atomic E-state index is 12.1. The lowest BCUT2D eigenvalue weighted by Crippen LogP contribution is -2.30. The van der Waals surface area contributed by atoms with Gasteiger partial charge in [0.2, 0.25) is 0 Å². The number of ether oxygens (including phenoxy) is 2. The Hall–Kier alpha value is -2.24. The first-order chi connectivity index (χ1) is 12.4. The van der Waals surface area contributed by atoms with Crippen LogP contribution < -0.4 is 10.1 Å². The third kappa shape index (κ3) is 6.94. The van der Waals surface area contributed by atoms with E-state index in [9.17, 15) is 9.59 Å². The molecule has 0 aliphatic rings. The summed E-state index contributed by atoms with van der Waals surface area (Å²) < 4.78 is 10.6. The average Bonchev–Trinajstić information content (AvgIpc) is 2.58. The van der Waals surface area contributed by atoms with Crippen LogP contribution in [0.5, 0.6) is 5.75 Å². The van der Waals surface area contributed by atoms with Crippen LogP contribution in [-0.2, 0) is 14.3 Å². The summed E-state index contributed by atoms with van der Waals surface area (Å²) in [5, 5.41) is 3.41. The molecule has 0 fully saturated rings. The molecular formula is C19H19Cl2NO4. The lowest BCUT2D eigenvalue weighted by atomic mass is 10.3. The van der Waals surface area contributed by atoms with E-state index >= 15 is 0 Å². The van der Waals surface area contributed by atoms with E-state index in [1.54, 1.807) is 18.2 Å². The molecule has 0 bridgehead atoms. The number of esters is 1. The number of hydrogen-bond acceptors (Lipinski definition) is 4. The predicted octanol–water partition coefficient (Wildman–Crippen LogP) is 4.72. The Morgan fingerprint density at radius 2 is 1.73 bits per heavy atom. The van der Waals surface area contributed by atoms with Gasteiger partial charge in [0, 0.05) is 22.2 Å². The number of nitrogens with one attached hydrogen (secondary N) is 1. The number of halogens is 2. The van der Waals surface area contributed by atoms with Gasteiger partial charge in [-0.2, -0.15) is 0 Å². The lowest BCUT2D eigenvalue weighted by molar-refractivity contribution is -0.153. The molecule has 7 heteroatoms. The first kappa shape index (κ1) is 20.1. The smallest absolute Gasteiger partial charge is 0.306 e. The molecule has 138 valence electrons. The first-order valence-electron chi connectivity index (χ1n) is 8.08. The van der Waals surface area contributed by atoms with E-state index in [4.69, 9.17) is 32.7 Å². The van der Waals surface area contributed by atoms with Crippen LogP contribution in [0.3, 0.4) is 0 Å². The Morgan fingerprint density at radius 3 is 2.38 bits per heavy atom. The van der Waals surface area contributed by atoms with Crippen molar-refractivity contribution in [1.82, 2.24) is 0 Å². The number of hydrogen-bond donors (Lipinski definition) is 1. The van der Waals surface area contributed by atoms with E-state index in [0.29, 0.717) is 28.8 Å². The number of amides is 1. The molecule has 0 saturated carbocycles. The number of rotatable bonds is 8. The van der Waals surface area contributed by atoms with Gasteiger partial charge in [-0.15, -0.1) is 0 Å². The molecule has 1 atom stereocenters. The summed E-state index contributed by atoms with van der Waals surface area (Å²) in [5.41, 5.74) is 0.437. The third-order valence-corrected chi connectivity index (χ3v) is 3.78. The van der Waals surface area contributed by atoms with Crippen LogP contribution >= 0.6 is 23.2 Å². The number of para-hydroxylation sites is 1. The van der Waals surface area contributed by atoms with E-state index in [0.717, 1.165) is 5.75 Å². The fourth-order valence-electron chi connectivity index (χ4n) is 2.10. The van der Waals surface area contributed by atoms with Crippen LogP contribution in [-0.4, -0.2) is 24.6 Å². The van der Waals surface area contributed by atoms with Crippen molar-refractivity contribution >= 4 is 40.8 Å². The third-order valence-electron chi connectivity index (χ3n) is 3.34. The molecule has 0 aromatic heterocycles. The molecule has 0 heterocycles. The van der Waals surface area contributed by atoms with Crippen molar-refractivity contribution in [3.63, 3.8) is 0 Å². The minimum Gasteiger partial charge on any atom is -0.494 e. The maximum Gasteiger partial charge on any atom is 0.306 e. The summed E-state index contributed by atoms with van der Waals surface area (Å²) >= 11 is 11.8. The zero-order valence-electron chi connectivity index (χ0n) is 14.2. The number of carbonyl (C=O) groups is 2. The number of anilines is 1. The van der Waals surface area contributed by atoms with E-state index in [-0.39, 0.29) is 6.42 Å². The van der Waals surface area contributed by atoms with Crippen molar-refractivity contribution in [3.8, 4) is 5.75 Å². The fourth-order valence-corrected chi connectivity index (χ4v) is 2.63. The molecule has 0 unspecified atom stereocenters. The molecule has 5 nitrogen and oxygen atoms in total. The summed E-state index contributed by atoms with van der Waals surface area (Å²) in [6.45, 7) is 1.89. The molecule has 0 aliphatic heterocycles. The molecule has 0 spiro atoms. The monoisotopic (exact) mass is 395 g/mol. The molecule has 2 rings (SSSR count). The number of benzene rings is 2. The van der Waals surface area contributed by atoms with Gasteiger partial charge < -0.3 is 14.8 Å². The van der Waals surface area contributed by atoms with Gasteiger partial charge in [0.05, 0.1) is 6.61 Å². The zero-order chi connectivity index (χ0) is 18.9. The van der Waals surface area contributed by atoms with Gasteiger partial charge in [0.1, 0.15) is 5.75 Å². The van der Waals surface area contributed by atoms with Crippen molar-refractivity contribution in [2.45, 2.75) is 25.9 Å².